The van der Waals surface area contributed by atoms with Crippen LogP contribution in [0, 0.1) is 0 Å². The van der Waals surface area contributed by atoms with E-state index in [2.05, 4.69) is 4.98 Å². The molecule has 0 unspecified atom stereocenters. The molecule has 3 aromatic rings. The number of amides is 2. The van der Waals surface area contributed by atoms with Crippen molar-refractivity contribution in [2.45, 2.75) is 13.1 Å². The molecule has 2 aromatic carbocycles. The number of nitrogens with one attached hydrogen (secondary N) is 1. The van der Waals surface area contributed by atoms with Gasteiger partial charge >= 0.3 is 6.18 Å². The van der Waals surface area contributed by atoms with Gasteiger partial charge in [0.1, 0.15) is 5.75 Å². The minimum atomic E-state index is -4.65. The molecule has 0 aliphatic carbocycles. The van der Waals surface area contributed by atoms with E-state index in [0.717, 1.165) is 24.1 Å². The van der Waals surface area contributed by atoms with Crippen LogP contribution >= 0.6 is 0 Å². The Morgan fingerprint density at radius 1 is 0.950 bits per heavy atom. The lowest BCUT2D eigenvalue weighted by Gasteiger charge is -2.36. The third-order valence-electron chi connectivity index (χ3n) is 6.20. The summed E-state index contributed by atoms with van der Waals surface area (Å²) < 4.78 is 71.1. The second-order valence-corrected chi connectivity index (χ2v) is 10.9. The van der Waals surface area contributed by atoms with E-state index < -0.39 is 33.6 Å². The number of carbonyl (C=O) groups is 2. The van der Waals surface area contributed by atoms with E-state index in [9.17, 15) is 31.2 Å². The van der Waals surface area contributed by atoms with Gasteiger partial charge < -0.3 is 14.5 Å². The van der Waals surface area contributed by atoms with Gasteiger partial charge in [0.25, 0.3) is 11.8 Å². The molecule has 40 heavy (non-hydrogen) atoms. The molecule has 0 bridgehead atoms. The minimum Gasteiger partial charge on any atom is -0.492 e. The maximum atomic E-state index is 13.7. The molecule has 13 heteroatoms. The van der Waals surface area contributed by atoms with Gasteiger partial charge in [-0.05, 0) is 61.0 Å². The van der Waals surface area contributed by atoms with Crippen LogP contribution in [0.4, 0.5) is 18.9 Å². The van der Waals surface area contributed by atoms with Gasteiger partial charge in [-0.2, -0.15) is 13.2 Å². The fourth-order valence-electron chi connectivity index (χ4n) is 4.30. The third-order valence-corrected chi connectivity index (χ3v) is 6.76. The quantitative estimate of drug-likeness (QED) is 0.456. The smallest absolute Gasteiger partial charge is 0.416 e. The van der Waals surface area contributed by atoms with Crippen molar-refractivity contribution in [1.82, 2.24) is 14.6 Å². The highest BCUT2D eigenvalue weighted by Crippen LogP contribution is 2.34. The van der Waals surface area contributed by atoms with Crippen LogP contribution in [-0.4, -0.2) is 69.2 Å². The number of hydrogen-bond donors (Lipinski definition) is 1. The number of rotatable bonds is 7. The largest absolute Gasteiger partial charge is 0.492 e. The Morgan fingerprint density at radius 2 is 1.62 bits per heavy atom. The van der Waals surface area contributed by atoms with Gasteiger partial charge in [0.2, 0.25) is 10.0 Å². The highest BCUT2D eigenvalue weighted by molar-refractivity contribution is 7.89. The molecule has 212 valence electrons. The van der Waals surface area contributed by atoms with Crippen LogP contribution < -0.4 is 14.4 Å². The highest BCUT2D eigenvalue weighted by atomic mass is 32.2. The second-order valence-electron chi connectivity index (χ2n) is 9.17. The molecule has 1 aliphatic heterocycles. The van der Waals surface area contributed by atoms with Crippen LogP contribution in [0.15, 0.2) is 60.9 Å². The second kappa shape index (κ2) is 11.5. The monoisotopic (exact) mass is 576 g/mol. The molecule has 1 aliphatic rings. The zero-order chi connectivity index (χ0) is 29.1. The first kappa shape index (κ1) is 28.9. The Hall–Kier alpha value is -4.13. The van der Waals surface area contributed by atoms with E-state index in [1.807, 2.05) is 9.62 Å². The SMILES string of the molecule is CCOc1cncc(-c2cc(C(=O)N3CCN(c4ccc(C(=O)NS(C)(=O)=O)cc4)CC3)cc(C(F)(F)F)c2)c1. The van der Waals surface area contributed by atoms with Crippen LogP contribution in [0.3, 0.4) is 0 Å². The summed E-state index contributed by atoms with van der Waals surface area (Å²) in [6, 6.07) is 11.2. The predicted molar refractivity (Wildman–Crippen MR) is 143 cm³/mol. The molecule has 4 rings (SSSR count). The molecular weight excluding hydrogens is 549 g/mol. The summed E-state index contributed by atoms with van der Waals surface area (Å²) in [4.78, 5) is 32.8. The molecular formula is C27H27F3N4O5S. The Labute approximate surface area is 229 Å². The van der Waals surface area contributed by atoms with Crippen molar-refractivity contribution in [3.63, 3.8) is 0 Å². The fraction of sp³-hybridized carbons (Fsp3) is 0.296. The van der Waals surface area contributed by atoms with Gasteiger partial charge in [-0.25, -0.2) is 13.1 Å². The number of carbonyl (C=O) groups excluding carboxylic acids is 2. The summed E-state index contributed by atoms with van der Waals surface area (Å²) in [5, 5.41) is 0. The van der Waals surface area contributed by atoms with Crippen LogP contribution in [0.1, 0.15) is 33.2 Å². The maximum absolute atomic E-state index is 13.7. The van der Waals surface area contributed by atoms with Gasteiger partial charge in [-0.3, -0.25) is 14.6 Å². The Balaban J connectivity index is 1.49. The molecule has 1 saturated heterocycles. The first-order valence-electron chi connectivity index (χ1n) is 12.3. The Kier molecular flexibility index (Phi) is 8.33. The van der Waals surface area contributed by atoms with Gasteiger partial charge in [0.15, 0.2) is 0 Å². The molecule has 0 spiro atoms. The van der Waals surface area contributed by atoms with Crippen molar-refractivity contribution in [2.24, 2.45) is 0 Å². The summed E-state index contributed by atoms with van der Waals surface area (Å²) >= 11 is 0. The Bertz CT molecular complexity index is 1500. The van der Waals surface area contributed by atoms with E-state index in [1.165, 1.54) is 35.5 Å². The number of piperazine rings is 1. The van der Waals surface area contributed by atoms with Crippen molar-refractivity contribution in [2.75, 3.05) is 43.9 Å². The normalized spacial score (nSPS) is 14.1. The summed E-state index contributed by atoms with van der Waals surface area (Å²) in [7, 11) is -3.69. The molecule has 2 heterocycles. The van der Waals surface area contributed by atoms with Crippen LogP contribution in [0.5, 0.6) is 5.75 Å². The van der Waals surface area contributed by atoms with Gasteiger partial charge in [0, 0.05) is 54.8 Å². The number of sulfonamides is 1. The van der Waals surface area contributed by atoms with Crippen LogP contribution in [0.25, 0.3) is 11.1 Å². The van der Waals surface area contributed by atoms with E-state index in [0.29, 0.717) is 31.0 Å². The summed E-state index contributed by atoms with van der Waals surface area (Å²) in [5.74, 6) is -0.857. The molecule has 1 aromatic heterocycles. The molecule has 9 nitrogen and oxygen atoms in total. The summed E-state index contributed by atoms with van der Waals surface area (Å²) in [5.41, 5.74) is 0.502. The molecule has 2 amide bonds. The summed E-state index contributed by atoms with van der Waals surface area (Å²) in [6.07, 6.45) is -0.887. The number of alkyl halides is 3. The van der Waals surface area contributed by atoms with Crippen molar-refractivity contribution >= 4 is 27.5 Å². The van der Waals surface area contributed by atoms with E-state index in [-0.39, 0.29) is 29.8 Å². The number of anilines is 1. The van der Waals surface area contributed by atoms with Crippen molar-refractivity contribution in [3.8, 4) is 16.9 Å². The third kappa shape index (κ3) is 7.08. The number of benzene rings is 2. The number of aromatic nitrogens is 1. The maximum Gasteiger partial charge on any atom is 0.416 e. The van der Waals surface area contributed by atoms with Gasteiger partial charge in [-0.1, -0.05) is 0 Å². The van der Waals surface area contributed by atoms with E-state index in [4.69, 9.17) is 4.74 Å². The van der Waals surface area contributed by atoms with E-state index >= 15 is 0 Å². The fourth-order valence-corrected chi connectivity index (χ4v) is 4.76. The molecule has 1 fully saturated rings. The zero-order valence-corrected chi connectivity index (χ0v) is 22.6. The molecule has 0 atom stereocenters. The van der Waals surface area contributed by atoms with Gasteiger partial charge in [-0.15, -0.1) is 0 Å². The first-order valence-corrected chi connectivity index (χ1v) is 14.2. The van der Waals surface area contributed by atoms with Crippen LogP contribution in [-0.2, 0) is 16.2 Å². The van der Waals surface area contributed by atoms with Gasteiger partial charge in [0.05, 0.1) is 24.6 Å². The Morgan fingerprint density at radius 3 is 2.23 bits per heavy atom. The average molecular weight is 577 g/mol. The first-order chi connectivity index (χ1) is 18.8. The van der Waals surface area contributed by atoms with Crippen molar-refractivity contribution in [3.05, 3.63) is 77.6 Å². The lowest BCUT2D eigenvalue weighted by molar-refractivity contribution is -0.137. The number of nitrogens with zero attached hydrogens (tertiary/aromatic N) is 3. The molecule has 0 radical (unpaired) electrons. The predicted octanol–water partition coefficient (Wildman–Crippen LogP) is 3.82. The summed E-state index contributed by atoms with van der Waals surface area (Å²) in [6.45, 7) is 3.50. The van der Waals surface area contributed by atoms with Crippen LogP contribution in [0.2, 0.25) is 0 Å². The zero-order valence-electron chi connectivity index (χ0n) is 21.7. The topological polar surface area (TPSA) is 109 Å². The standard InChI is InChI=1S/C27H27F3N4O5S/c1-3-39-24-15-21(16-31-17-24)19-12-20(14-22(13-19)27(28,29)30)26(36)34-10-8-33(9-11-34)23-6-4-18(5-7-23)25(35)32-40(2,37)38/h4-7,12-17H,3,8-11H2,1-2H3,(H,32,35). The molecule has 0 saturated carbocycles. The highest BCUT2D eigenvalue weighted by Gasteiger charge is 2.33. The number of hydrogen-bond acceptors (Lipinski definition) is 7. The minimum absolute atomic E-state index is 0.0821. The van der Waals surface area contributed by atoms with E-state index in [1.54, 1.807) is 25.1 Å². The lowest BCUT2D eigenvalue weighted by Crippen LogP contribution is -2.48. The van der Waals surface area contributed by atoms with Crippen molar-refractivity contribution < 1.29 is 35.9 Å². The lowest BCUT2D eigenvalue weighted by atomic mass is 9.99. The number of pyridine rings is 1. The average Bonchev–Trinajstić information content (AvgIpc) is 2.91. The number of halogens is 3. The van der Waals surface area contributed by atoms with Crippen molar-refractivity contribution in [1.29, 1.82) is 0 Å². The number of ether oxygens (including phenoxy) is 1. The molecule has 1 N–H and O–H groups in total.